The molecule has 0 spiro atoms. The molecule has 1 aromatic rings. The molecule has 1 aromatic heterocycles. The number of anilines is 1. The van der Waals surface area contributed by atoms with Crippen LogP contribution < -0.4 is 15.8 Å². The number of halogens is 1. The van der Waals surface area contributed by atoms with Crippen LogP contribution in [-0.2, 0) is 0 Å². The maximum Gasteiger partial charge on any atom is 0.407 e. The fraction of sp³-hybridized carbons (Fsp3) is 0.611. The Morgan fingerprint density at radius 1 is 1.33 bits per heavy atom. The van der Waals surface area contributed by atoms with E-state index in [1.807, 2.05) is 20.8 Å². The molecule has 1 fully saturated rings. The van der Waals surface area contributed by atoms with Crippen LogP contribution in [-0.4, -0.2) is 51.7 Å². The molecule has 1 aliphatic carbocycles. The van der Waals surface area contributed by atoms with Crippen LogP contribution in [0.4, 0.5) is 15.0 Å². The number of nitrogens with one attached hydrogen (secondary N) is 1. The van der Waals surface area contributed by atoms with E-state index in [9.17, 15) is 19.1 Å². The minimum Gasteiger partial charge on any atom is -0.480 e. The molecule has 9 heteroatoms. The number of nitrogens with zero attached hydrogens (tertiary/aromatic N) is 2. The van der Waals surface area contributed by atoms with Crippen LogP contribution in [0.2, 0.25) is 0 Å². The number of pyridine rings is 1. The average Bonchev–Trinajstić information content (AvgIpc) is 2.56. The second-order valence-corrected chi connectivity index (χ2v) is 7.71. The molecule has 27 heavy (non-hydrogen) atoms. The molecule has 8 nitrogen and oxygen atoms in total. The Hall–Kier alpha value is -2.58. The number of rotatable bonds is 5. The summed E-state index contributed by atoms with van der Waals surface area (Å²) in [5.74, 6) is -1.55. The number of carbonyl (C=O) groups is 2. The van der Waals surface area contributed by atoms with Crippen molar-refractivity contribution in [3.8, 4) is 5.88 Å². The van der Waals surface area contributed by atoms with Crippen LogP contribution in [0.25, 0.3) is 0 Å². The number of primary amides is 1. The zero-order chi connectivity index (χ0) is 20.4. The number of ether oxygens (including phenoxy) is 1. The lowest BCUT2D eigenvalue weighted by molar-refractivity contribution is 0.0556. The van der Waals surface area contributed by atoms with Gasteiger partial charge in [0.05, 0.1) is 7.11 Å². The highest BCUT2D eigenvalue weighted by molar-refractivity contribution is 5.95. The third-order valence-electron chi connectivity index (χ3n) is 4.73. The highest BCUT2D eigenvalue weighted by atomic mass is 19.1. The minimum atomic E-state index is -0.932. The third kappa shape index (κ3) is 4.78. The summed E-state index contributed by atoms with van der Waals surface area (Å²) in [4.78, 5) is 28.5. The molecule has 0 unspecified atom stereocenters. The van der Waals surface area contributed by atoms with Crippen LogP contribution >= 0.6 is 0 Å². The number of hydrogen-bond acceptors (Lipinski definition) is 5. The van der Waals surface area contributed by atoms with Gasteiger partial charge in [0.25, 0.3) is 5.91 Å². The summed E-state index contributed by atoms with van der Waals surface area (Å²) >= 11 is 0. The largest absolute Gasteiger partial charge is 0.480 e. The van der Waals surface area contributed by atoms with Gasteiger partial charge in [-0.2, -0.15) is 4.98 Å². The average molecular weight is 382 g/mol. The second-order valence-electron chi connectivity index (χ2n) is 7.71. The first-order valence-corrected chi connectivity index (χ1v) is 8.87. The van der Waals surface area contributed by atoms with E-state index in [0.717, 1.165) is 6.07 Å². The van der Waals surface area contributed by atoms with E-state index in [0.29, 0.717) is 25.7 Å². The van der Waals surface area contributed by atoms with Gasteiger partial charge in [0, 0.05) is 17.6 Å². The Kier molecular flexibility index (Phi) is 6.12. The van der Waals surface area contributed by atoms with Crippen molar-refractivity contribution in [3.63, 3.8) is 0 Å². The number of aromatic nitrogens is 1. The minimum absolute atomic E-state index is 0.00814. The van der Waals surface area contributed by atoms with Crippen molar-refractivity contribution >= 4 is 17.8 Å². The molecule has 2 rings (SSSR count). The molecule has 1 heterocycles. The van der Waals surface area contributed by atoms with E-state index in [1.165, 1.54) is 12.0 Å². The molecule has 4 N–H and O–H groups in total. The predicted octanol–water partition coefficient (Wildman–Crippen LogP) is 2.83. The molecule has 1 saturated carbocycles. The lowest BCUT2D eigenvalue weighted by Gasteiger charge is -2.42. The van der Waals surface area contributed by atoms with Gasteiger partial charge in [-0.25, -0.2) is 9.18 Å². The van der Waals surface area contributed by atoms with E-state index in [1.54, 1.807) is 0 Å². The van der Waals surface area contributed by atoms with Crippen LogP contribution in [0.5, 0.6) is 5.88 Å². The first-order chi connectivity index (χ1) is 12.5. The molecule has 2 amide bonds. The van der Waals surface area contributed by atoms with E-state index in [-0.39, 0.29) is 29.3 Å². The van der Waals surface area contributed by atoms with Crippen molar-refractivity contribution < 1.29 is 23.8 Å². The zero-order valence-electron chi connectivity index (χ0n) is 16.1. The number of methoxy groups -OCH3 is 1. The highest BCUT2D eigenvalue weighted by Gasteiger charge is 2.35. The highest BCUT2D eigenvalue weighted by Crippen LogP contribution is 2.31. The quantitative estimate of drug-likeness (QED) is 0.721. The topological polar surface area (TPSA) is 118 Å². The predicted molar refractivity (Wildman–Crippen MR) is 98.5 cm³/mol. The Morgan fingerprint density at radius 2 is 1.93 bits per heavy atom. The first-order valence-electron chi connectivity index (χ1n) is 8.87. The summed E-state index contributed by atoms with van der Waals surface area (Å²) in [6.07, 6.45) is 1.74. The van der Waals surface area contributed by atoms with E-state index < -0.39 is 23.4 Å². The molecule has 1 aliphatic rings. The van der Waals surface area contributed by atoms with E-state index >= 15 is 0 Å². The van der Waals surface area contributed by atoms with Gasteiger partial charge in [-0.3, -0.25) is 4.79 Å². The SMILES string of the molecule is COc1nc(NC2CCC(N(C(=O)O)C(C)(C)C)CC2)c(F)cc1C(N)=O. The maximum absolute atomic E-state index is 14.3. The standard InChI is InChI=1S/C18H27FN4O4/c1-18(2,3)23(17(25)26)11-7-5-10(6-8-11)21-15-13(19)9-12(14(20)24)16(22-15)27-4/h9-11H,5-8H2,1-4H3,(H2,20,24)(H,21,22)(H,25,26). The molecule has 0 aliphatic heterocycles. The zero-order valence-corrected chi connectivity index (χ0v) is 16.1. The summed E-state index contributed by atoms with van der Waals surface area (Å²) in [6.45, 7) is 5.62. The number of carboxylic acid groups (broad SMARTS) is 1. The van der Waals surface area contributed by atoms with Crippen LogP contribution in [0.1, 0.15) is 56.8 Å². The Morgan fingerprint density at radius 3 is 2.37 bits per heavy atom. The van der Waals surface area contributed by atoms with Gasteiger partial charge in [-0.1, -0.05) is 0 Å². The van der Waals surface area contributed by atoms with Crippen molar-refractivity contribution in [2.24, 2.45) is 5.73 Å². The normalized spacial score (nSPS) is 20.0. The van der Waals surface area contributed by atoms with Gasteiger partial charge in [0.1, 0.15) is 5.56 Å². The third-order valence-corrected chi connectivity index (χ3v) is 4.73. The van der Waals surface area contributed by atoms with Crippen LogP contribution in [0.15, 0.2) is 6.07 Å². The van der Waals surface area contributed by atoms with Gasteiger partial charge in [0.2, 0.25) is 5.88 Å². The molecule has 0 aromatic carbocycles. The fourth-order valence-electron chi connectivity index (χ4n) is 3.57. The lowest BCUT2D eigenvalue weighted by atomic mass is 9.88. The summed E-state index contributed by atoms with van der Waals surface area (Å²) in [5, 5.41) is 12.6. The molecular formula is C18H27FN4O4. The lowest BCUT2D eigenvalue weighted by Crippen LogP contribution is -2.52. The summed E-state index contributed by atoms with van der Waals surface area (Å²) in [7, 11) is 1.33. The van der Waals surface area contributed by atoms with Crippen molar-refractivity contribution in [1.29, 1.82) is 0 Å². The fourth-order valence-corrected chi connectivity index (χ4v) is 3.57. The van der Waals surface area contributed by atoms with E-state index in [2.05, 4.69) is 10.3 Å². The maximum atomic E-state index is 14.3. The van der Waals surface area contributed by atoms with Crippen LogP contribution in [0, 0.1) is 5.82 Å². The molecular weight excluding hydrogens is 355 g/mol. The van der Waals surface area contributed by atoms with Crippen molar-refractivity contribution in [1.82, 2.24) is 9.88 Å². The van der Waals surface area contributed by atoms with Gasteiger partial charge in [-0.15, -0.1) is 0 Å². The molecule has 0 saturated heterocycles. The monoisotopic (exact) mass is 382 g/mol. The number of amides is 2. The van der Waals surface area contributed by atoms with Gasteiger partial charge >= 0.3 is 6.09 Å². The van der Waals surface area contributed by atoms with E-state index in [4.69, 9.17) is 10.5 Å². The van der Waals surface area contributed by atoms with Crippen molar-refractivity contribution in [2.75, 3.05) is 12.4 Å². The smallest absolute Gasteiger partial charge is 0.407 e. The van der Waals surface area contributed by atoms with Crippen molar-refractivity contribution in [3.05, 3.63) is 17.4 Å². The van der Waals surface area contributed by atoms with Crippen molar-refractivity contribution in [2.45, 2.75) is 64.1 Å². The Labute approximate surface area is 157 Å². The van der Waals surface area contributed by atoms with Gasteiger partial charge in [-0.05, 0) is 52.5 Å². The Bertz CT molecular complexity index is 712. The Balaban J connectivity index is 2.08. The molecule has 0 radical (unpaired) electrons. The second kappa shape index (κ2) is 7.98. The molecule has 0 bridgehead atoms. The number of carbonyl (C=O) groups excluding carboxylic acids is 1. The van der Waals surface area contributed by atoms with Crippen LogP contribution in [0.3, 0.4) is 0 Å². The summed E-state index contributed by atoms with van der Waals surface area (Å²) in [6, 6.07) is 0.876. The van der Waals surface area contributed by atoms with Gasteiger partial charge < -0.3 is 25.8 Å². The molecule has 150 valence electrons. The number of nitrogens with two attached hydrogens (primary N) is 1. The molecule has 0 atom stereocenters. The number of hydrogen-bond donors (Lipinski definition) is 3. The summed E-state index contributed by atoms with van der Waals surface area (Å²) in [5.41, 5.74) is 4.60. The van der Waals surface area contributed by atoms with Gasteiger partial charge in [0.15, 0.2) is 11.6 Å². The summed E-state index contributed by atoms with van der Waals surface area (Å²) < 4.78 is 19.3. The first kappa shape index (κ1) is 20.7.